The molecule has 0 aromatic heterocycles. The van der Waals surface area contributed by atoms with Crippen molar-refractivity contribution in [1.29, 1.82) is 0 Å². The summed E-state index contributed by atoms with van der Waals surface area (Å²) in [6.07, 6.45) is 1.97. The Morgan fingerprint density at radius 3 is 2.25 bits per heavy atom. The van der Waals surface area contributed by atoms with Crippen LogP contribution >= 0.6 is 0 Å². The van der Waals surface area contributed by atoms with Gasteiger partial charge in [-0.3, -0.25) is 14.0 Å². The van der Waals surface area contributed by atoms with Gasteiger partial charge in [0.25, 0.3) is 0 Å². The molecule has 212 valence electrons. The van der Waals surface area contributed by atoms with Crippen LogP contribution in [0.4, 0.5) is 5.69 Å². The molecule has 0 spiro atoms. The summed E-state index contributed by atoms with van der Waals surface area (Å²) in [5, 5.41) is 13.9. The summed E-state index contributed by atoms with van der Waals surface area (Å²) >= 11 is 0. The lowest BCUT2D eigenvalue weighted by Gasteiger charge is -2.56. The molecule has 0 radical (unpaired) electrons. The van der Waals surface area contributed by atoms with Crippen LogP contribution in [-0.2, 0) is 21.4 Å². The molecule has 8 nitrogen and oxygen atoms in total. The van der Waals surface area contributed by atoms with Crippen LogP contribution in [0.3, 0.4) is 0 Å². The first-order chi connectivity index (χ1) is 19.2. The van der Waals surface area contributed by atoms with Gasteiger partial charge in [-0.1, -0.05) is 60.7 Å². The summed E-state index contributed by atoms with van der Waals surface area (Å²) in [6.45, 7) is 1.78. The molecule has 0 aliphatic carbocycles. The minimum Gasteiger partial charge on any atom is -0.496 e. The Labute approximate surface area is 236 Å². The fourth-order valence-electron chi connectivity index (χ4n) is 6.55. The monoisotopic (exact) mass is 563 g/mol. The number of anilines is 1. The average molecular weight is 564 g/mol. The van der Waals surface area contributed by atoms with Crippen molar-refractivity contribution in [1.82, 2.24) is 10.2 Å². The van der Waals surface area contributed by atoms with Gasteiger partial charge in [0.1, 0.15) is 5.75 Å². The number of carbonyl (C=O) groups is 1. The molecule has 3 fully saturated rings. The van der Waals surface area contributed by atoms with Gasteiger partial charge in [0, 0.05) is 43.7 Å². The molecule has 40 heavy (non-hydrogen) atoms. The number of hydrogen-bond acceptors (Lipinski definition) is 6. The van der Waals surface area contributed by atoms with Crippen molar-refractivity contribution < 1.29 is 23.1 Å². The van der Waals surface area contributed by atoms with E-state index in [9.17, 15) is 18.3 Å². The lowest BCUT2D eigenvalue weighted by Crippen LogP contribution is -2.68. The molecule has 2 bridgehead atoms. The lowest BCUT2D eigenvalue weighted by molar-refractivity contribution is -0.152. The zero-order valence-electron chi connectivity index (χ0n) is 23.1. The van der Waals surface area contributed by atoms with Crippen LogP contribution in [0.5, 0.6) is 5.75 Å². The number of carboxylic acids is 1. The highest BCUT2D eigenvalue weighted by atomic mass is 32.2. The molecule has 5 atom stereocenters. The van der Waals surface area contributed by atoms with E-state index in [0.29, 0.717) is 24.5 Å². The van der Waals surface area contributed by atoms with E-state index in [-0.39, 0.29) is 23.9 Å². The first kappa shape index (κ1) is 28.1. The van der Waals surface area contributed by atoms with Crippen LogP contribution in [0.25, 0.3) is 0 Å². The van der Waals surface area contributed by atoms with Crippen molar-refractivity contribution in [3.63, 3.8) is 0 Å². The maximum absolute atomic E-state index is 12.4. The number of methoxy groups -OCH3 is 1. The second-order valence-electron chi connectivity index (χ2n) is 10.8. The molecule has 3 aliphatic heterocycles. The van der Waals surface area contributed by atoms with E-state index < -0.39 is 21.9 Å². The van der Waals surface area contributed by atoms with Gasteiger partial charge in [0.2, 0.25) is 10.0 Å². The van der Waals surface area contributed by atoms with Gasteiger partial charge in [-0.15, -0.1) is 0 Å². The number of hydrogen-bond donors (Lipinski definition) is 2. The standard InChI is InChI=1S/C31H37N3O5S/c1-33(40(3,37)38)24-14-15-27(39-2)23(18-24)19-32-29-25-16-17-34(20-26(25)31(35)36)30(29)28(21-10-6-4-7-11-21)22-12-8-5-9-13-22/h4-15,18,25-26,28-30,32H,16-17,19-20H2,1-3H3,(H,35,36)/t25-,26-,29?,30?/m0/s1. The van der Waals surface area contributed by atoms with Crippen LogP contribution in [-0.4, -0.2) is 70.0 Å². The van der Waals surface area contributed by atoms with Gasteiger partial charge < -0.3 is 15.2 Å². The highest BCUT2D eigenvalue weighted by Gasteiger charge is 2.52. The Hall–Kier alpha value is -3.40. The van der Waals surface area contributed by atoms with E-state index in [1.807, 2.05) is 18.2 Å². The summed E-state index contributed by atoms with van der Waals surface area (Å²) in [5.41, 5.74) is 3.74. The predicted molar refractivity (Wildman–Crippen MR) is 156 cm³/mol. The van der Waals surface area contributed by atoms with E-state index >= 15 is 0 Å². The normalized spacial score (nSPS) is 24.1. The molecular formula is C31H37N3O5S. The number of carboxylic acid groups (broad SMARTS) is 1. The van der Waals surface area contributed by atoms with Gasteiger partial charge in [0.15, 0.2) is 0 Å². The summed E-state index contributed by atoms with van der Waals surface area (Å²) in [7, 11) is -0.311. The summed E-state index contributed by atoms with van der Waals surface area (Å²) in [4.78, 5) is 14.7. The van der Waals surface area contributed by atoms with E-state index in [2.05, 4.69) is 58.7 Å². The molecule has 3 unspecified atom stereocenters. The molecule has 0 saturated carbocycles. The Bertz CT molecular complexity index is 1390. The zero-order valence-corrected chi connectivity index (χ0v) is 23.9. The molecule has 3 aromatic rings. The van der Waals surface area contributed by atoms with Crippen molar-refractivity contribution >= 4 is 21.7 Å². The van der Waals surface area contributed by atoms with E-state index in [1.165, 1.54) is 28.7 Å². The maximum Gasteiger partial charge on any atom is 0.308 e. The minimum absolute atomic E-state index is 0.0343. The summed E-state index contributed by atoms with van der Waals surface area (Å²) in [6, 6.07) is 26.1. The molecule has 3 aromatic carbocycles. The fraction of sp³-hybridized carbons (Fsp3) is 0.387. The second-order valence-corrected chi connectivity index (χ2v) is 12.8. The SMILES string of the molecule is COc1ccc(N(C)S(C)(=O)=O)cc1CNC1C(C(c2ccccc2)c2ccccc2)N2CC[C@H]1[C@@H](C(=O)O)C2. The Morgan fingerprint density at radius 2 is 1.70 bits per heavy atom. The van der Waals surface area contributed by atoms with Crippen LogP contribution in [0.1, 0.15) is 29.0 Å². The van der Waals surface area contributed by atoms with Crippen LogP contribution in [0.15, 0.2) is 78.9 Å². The number of piperidine rings is 3. The molecule has 3 heterocycles. The van der Waals surface area contributed by atoms with Gasteiger partial charge >= 0.3 is 5.97 Å². The van der Waals surface area contributed by atoms with E-state index in [0.717, 1.165) is 18.5 Å². The molecule has 0 amide bonds. The number of rotatable bonds is 10. The van der Waals surface area contributed by atoms with Gasteiger partial charge in [0.05, 0.1) is 25.0 Å². The third kappa shape index (κ3) is 5.59. The zero-order chi connectivity index (χ0) is 28.4. The molecule has 3 saturated heterocycles. The molecule has 2 N–H and O–H groups in total. The van der Waals surface area contributed by atoms with Gasteiger partial charge in [-0.2, -0.15) is 0 Å². The summed E-state index contributed by atoms with van der Waals surface area (Å²) < 4.78 is 31.3. The van der Waals surface area contributed by atoms with Crippen LogP contribution in [0.2, 0.25) is 0 Å². The van der Waals surface area contributed by atoms with Crippen molar-refractivity contribution in [3.8, 4) is 5.75 Å². The third-order valence-electron chi connectivity index (χ3n) is 8.58. The van der Waals surface area contributed by atoms with Crippen molar-refractivity contribution in [3.05, 3.63) is 95.6 Å². The maximum atomic E-state index is 12.4. The quantitative estimate of drug-likeness (QED) is 0.387. The average Bonchev–Trinajstić information content (AvgIpc) is 2.97. The smallest absolute Gasteiger partial charge is 0.308 e. The largest absolute Gasteiger partial charge is 0.496 e. The minimum atomic E-state index is -3.43. The number of ether oxygens (including phenoxy) is 1. The van der Waals surface area contributed by atoms with Crippen molar-refractivity contribution in [2.75, 3.05) is 37.8 Å². The van der Waals surface area contributed by atoms with Crippen molar-refractivity contribution in [2.45, 2.75) is 31.0 Å². The van der Waals surface area contributed by atoms with Crippen LogP contribution in [0, 0.1) is 11.8 Å². The topological polar surface area (TPSA) is 99.2 Å². The summed E-state index contributed by atoms with van der Waals surface area (Å²) in [5.74, 6) is -0.574. The molecule has 9 heteroatoms. The van der Waals surface area contributed by atoms with Crippen molar-refractivity contribution in [2.24, 2.45) is 11.8 Å². The lowest BCUT2D eigenvalue weighted by atomic mass is 9.66. The number of sulfonamides is 1. The first-order valence-corrected chi connectivity index (χ1v) is 15.4. The predicted octanol–water partition coefficient (Wildman–Crippen LogP) is 3.79. The Balaban J connectivity index is 1.54. The number of nitrogens with zero attached hydrogens (tertiary/aromatic N) is 2. The molecule has 6 rings (SSSR count). The highest BCUT2D eigenvalue weighted by molar-refractivity contribution is 7.92. The number of aliphatic carboxylic acids is 1. The Kier molecular flexibility index (Phi) is 8.16. The van der Waals surface area contributed by atoms with E-state index in [4.69, 9.17) is 4.74 Å². The Morgan fingerprint density at radius 1 is 1.07 bits per heavy atom. The number of benzene rings is 3. The first-order valence-electron chi connectivity index (χ1n) is 13.6. The second kappa shape index (κ2) is 11.6. The van der Waals surface area contributed by atoms with E-state index in [1.54, 1.807) is 19.2 Å². The van der Waals surface area contributed by atoms with Crippen LogP contribution < -0.4 is 14.4 Å². The van der Waals surface area contributed by atoms with Gasteiger partial charge in [-0.25, -0.2) is 8.42 Å². The number of nitrogens with one attached hydrogen (secondary N) is 1. The molecular weight excluding hydrogens is 526 g/mol. The highest BCUT2D eigenvalue weighted by Crippen LogP contribution is 2.44. The third-order valence-corrected chi connectivity index (χ3v) is 9.78. The fourth-order valence-corrected chi connectivity index (χ4v) is 7.05. The molecule has 3 aliphatic rings. The van der Waals surface area contributed by atoms with Gasteiger partial charge in [-0.05, 0) is 48.2 Å². The number of fused-ring (bicyclic) bond motifs is 3.